The summed E-state index contributed by atoms with van der Waals surface area (Å²) >= 11 is 0. The summed E-state index contributed by atoms with van der Waals surface area (Å²) in [6.45, 7) is 4.66. The van der Waals surface area contributed by atoms with Crippen LogP contribution < -0.4 is 5.32 Å². The van der Waals surface area contributed by atoms with Gasteiger partial charge in [0.25, 0.3) is 0 Å². The van der Waals surface area contributed by atoms with Gasteiger partial charge in [-0.2, -0.15) is 0 Å². The summed E-state index contributed by atoms with van der Waals surface area (Å²) in [6, 6.07) is 0.472. The maximum Gasteiger partial charge on any atom is 0.0506 e. The minimum Gasteiger partial charge on any atom is -0.316 e. The summed E-state index contributed by atoms with van der Waals surface area (Å²) in [5.74, 6) is 1.70. The van der Waals surface area contributed by atoms with Gasteiger partial charge in [-0.3, -0.25) is 4.21 Å². The monoisotopic (exact) mass is 271 g/mol. The Balaban J connectivity index is 1.96. The fourth-order valence-electron chi connectivity index (χ4n) is 3.66. The van der Waals surface area contributed by atoms with E-state index in [1.54, 1.807) is 0 Å². The van der Waals surface area contributed by atoms with Crippen LogP contribution in [0.2, 0.25) is 0 Å². The predicted octanol–water partition coefficient (Wildman–Crippen LogP) is 3.09. The molecule has 2 rings (SSSR count). The van der Waals surface area contributed by atoms with Gasteiger partial charge in [0, 0.05) is 22.6 Å². The van der Waals surface area contributed by atoms with Crippen molar-refractivity contribution in [3.05, 3.63) is 0 Å². The van der Waals surface area contributed by atoms with Crippen molar-refractivity contribution in [3.63, 3.8) is 0 Å². The second kappa shape index (κ2) is 6.04. The molecule has 0 heterocycles. The van der Waals surface area contributed by atoms with Crippen LogP contribution in [0, 0.1) is 11.3 Å². The molecule has 18 heavy (non-hydrogen) atoms. The molecular weight excluding hydrogens is 242 g/mol. The summed E-state index contributed by atoms with van der Waals surface area (Å²) in [5.41, 5.74) is 0.378. The number of hydrogen-bond donors (Lipinski definition) is 1. The van der Waals surface area contributed by atoms with Crippen molar-refractivity contribution in [1.29, 1.82) is 0 Å². The highest BCUT2D eigenvalue weighted by Gasteiger charge is 2.38. The molecule has 2 aliphatic carbocycles. The third-order valence-corrected chi connectivity index (χ3v) is 6.89. The molecule has 0 spiro atoms. The van der Waals surface area contributed by atoms with Crippen LogP contribution in [-0.4, -0.2) is 28.3 Å². The van der Waals surface area contributed by atoms with E-state index < -0.39 is 10.8 Å². The van der Waals surface area contributed by atoms with E-state index in [1.165, 1.54) is 38.5 Å². The van der Waals surface area contributed by atoms with Gasteiger partial charge in [-0.05, 0) is 50.5 Å². The molecule has 106 valence electrons. The lowest BCUT2D eigenvalue weighted by molar-refractivity contribution is 0.216. The summed E-state index contributed by atoms with van der Waals surface area (Å²) in [4.78, 5) is 0. The van der Waals surface area contributed by atoms with Crippen LogP contribution in [0.15, 0.2) is 0 Å². The second-order valence-electron chi connectivity index (χ2n) is 7.04. The van der Waals surface area contributed by atoms with Gasteiger partial charge in [-0.25, -0.2) is 0 Å². The molecule has 0 radical (unpaired) electrons. The van der Waals surface area contributed by atoms with Gasteiger partial charge in [-0.1, -0.05) is 26.7 Å². The minimum absolute atomic E-state index is 0.374. The van der Waals surface area contributed by atoms with Crippen molar-refractivity contribution >= 4 is 10.8 Å². The second-order valence-corrected chi connectivity index (χ2v) is 8.74. The molecule has 0 bridgehead atoms. The fraction of sp³-hybridized carbons (Fsp3) is 1.00. The zero-order valence-electron chi connectivity index (χ0n) is 12.2. The van der Waals surface area contributed by atoms with Crippen molar-refractivity contribution in [2.45, 2.75) is 70.1 Å². The van der Waals surface area contributed by atoms with Crippen LogP contribution in [0.4, 0.5) is 0 Å². The molecule has 0 aliphatic heterocycles. The Morgan fingerprint density at radius 2 is 1.89 bits per heavy atom. The highest BCUT2D eigenvalue weighted by Crippen LogP contribution is 2.38. The van der Waals surface area contributed by atoms with Gasteiger partial charge in [0.1, 0.15) is 0 Å². The van der Waals surface area contributed by atoms with E-state index in [-0.39, 0.29) is 0 Å². The molecule has 0 aromatic rings. The zero-order chi connectivity index (χ0) is 13.2. The van der Waals surface area contributed by atoms with Crippen LogP contribution in [0.5, 0.6) is 0 Å². The summed E-state index contributed by atoms with van der Waals surface area (Å²) in [5, 5.41) is 3.78. The highest BCUT2D eigenvalue weighted by atomic mass is 32.2. The Kier molecular flexibility index (Phi) is 4.87. The van der Waals surface area contributed by atoms with Crippen LogP contribution >= 0.6 is 0 Å². The predicted molar refractivity (Wildman–Crippen MR) is 79.2 cm³/mol. The van der Waals surface area contributed by atoms with E-state index >= 15 is 0 Å². The number of hydrogen-bond acceptors (Lipinski definition) is 2. The molecule has 0 amide bonds. The number of rotatable bonds is 4. The Bertz CT molecular complexity index is 297. The molecule has 3 heteroatoms. The fourth-order valence-corrected chi connectivity index (χ4v) is 5.98. The van der Waals surface area contributed by atoms with Crippen LogP contribution in [0.1, 0.15) is 58.8 Å². The first kappa shape index (κ1) is 14.5. The van der Waals surface area contributed by atoms with Gasteiger partial charge >= 0.3 is 0 Å². The SMILES string of the molecule is CNC1CCC(C)(C)CC1S(=O)CC1CCCC1. The largest absolute Gasteiger partial charge is 0.316 e. The average Bonchev–Trinajstić information content (AvgIpc) is 2.80. The van der Waals surface area contributed by atoms with E-state index in [2.05, 4.69) is 19.2 Å². The van der Waals surface area contributed by atoms with Crippen molar-refractivity contribution in [1.82, 2.24) is 5.32 Å². The summed E-state index contributed by atoms with van der Waals surface area (Å²) in [6.07, 6.45) is 8.90. The van der Waals surface area contributed by atoms with E-state index in [4.69, 9.17) is 0 Å². The maximum absolute atomic E-state index is 12.7. The van der Waals surface area contributed by atoms with E-state index in [0.29, 0.717) is 16.7 Å². The van der Waals surface area contributed by atoms with Crippen LogP contribution in [0.3, 0.4) is 0 Å². The first-order chi connectivity index (χ1) is 8.52. The normalized spacial score (nSPS) is 34.6. The van der Waals surface area contributed by atoms with Gasteiger partial charge in [-0.15, -0.1) is 0 Å². The molecule has 3 unspecified atom stereocenters. The van der Waals surface area contributed by atoms with Crippen molar-refractivity contribution < 1.29 is 4.21 Å². The summed E-state index contributed by atoms with van der Waals surface area (Å²) < 4.78 is 12.7. The van der Waals surface area contributed by atoms with Gasteiger partial charge in [0.2, 0.25) is 0 Å². The van der Waals surface area contributed by atoms with E-state index in [0.717, 1.165) is 18.1 Å². The Labute approximate surface area is 115 Å². The van der Waals surface area contributed by atoms with Crippen molar-refractivity contribution in [2.24, 2.45) is 11.3 Å². The van der Waals surface area contributed by atoms with Crippen LogP contribution in [0.25, 0.3) is 0 Å². The van der Waals surface area contributed by atoms with Gasteiger partial charge in [0.05, 0.1) is 5.25 Å². The molecule has 1 N–H and O–H groups in total. The molecule has 2 nitrogen and oxygen atoms in total. The Morgan fingerprint density at radius 1 is 1.22 bits per heavy atom. The molecule has 2 aliphatic rings. The molecular formula is C15H29NOS. The smallest absolute Gasteiger partial charge is 0.0506 e. The highest BCUT2D eigenvalue weighted by molar-refractivity contribution is 7.85. The molecule has 0 aromatic carbocycles. The lowest BCUT2D eigenvalue weighted by Gasteiger charge is -2.40. The number of nitrogens with one attached hydrogen (secondary N) is 1. The average molecular weight is 271 g/mol. The molecule has 0 saturated heterocycles. The first-order valence-corrected chi connectivity index (χ1v) is 8.94. The van der Waals surface area contributed by atoms with Crippen LogP contribution in [-0.2, 0) is 10.8 Å². The first-order valence-electron chi connectivity index (χ1n) is 7.56. The zero-order valence-corrected chi connectivity index (χ0v) is 13.0. The van der Waals surface area contributed by atoms with Crippen molar-refractivity contribution in [3.8, 4) is 0 Å². The Morgan fingerprint density at radius 3 is 2.50 bits per heavy atom. The van der Waals surface area contributed by atoms with Gasteiger partial charge in [0.15, 0.2) is 0 Å². The van der Waals surface area contributed by atoms with Crippen molar-refractivity contribution in [2.75, 3.05) is 12.8 Å². The minimum atomic E-state index is -0.635. The quantitative estimate of drug-likeness (QED) is 0.851. The standard InChI is InChI=1S/C15H29NOS/c1-15(2)9-8-13(16-3)14(10-15)18(17)11-12-6-4-5-7-12/h12-14,16H,4-11H2,1-3H3. The Hall–Kier alpha value is 0.110. The van der Waals surface area contributed by atoms with E-state index in [9.17, 15) is 4.21 Å². The lowest BCUT2D eigenvalue weighted by Crippen LogP contribution is -2.47. The topological polar surface area (TPSA) is 29.1 Å². The third-order valence-electron chi connectivity index (χ3n) is 4.92. The van der Waals surface area contributed by atoms with E-state index in [1.807, 2.05) is 7.05 Å². The molecule has 0 aromatic heterocycles. The summed E-state index contributed by atoms with van der Waals surface area (Å²) in [7, 11) is 1.40. The molecule has 3 atom stereocenters. The third kappa shape index (κ3) is 3.57. The lowest BCUT2D eigenvalue weighted by atomic mass is 9.75. The molecule has 2 fully saturated rings. The van der Waals surface area contributed by atoms with Gasteiger partial charge < -0.3 is 5.32 Å². The molecule has 2 saturated carbocycles. The maximum atomic E-state index is 12.7.